The molecule has 3 rings (SSSR count). The van der Waals surface area contributed by atoms with Crippen LogP contribution in [0.3, 0.4) is 0 Å². The summed E-state index contributed by atoms with van der Waals surface area (Å²) in [4.78, 5) is 8.14. The van der Waals surface area contributed by atoms with E-state index in [4.69, 9.17) is 4.98 Å². The Kier molecular flexibility index (Phi) is 2.44. The molecule has 1 N–H and O–H groups in total. The summed E-state index contributed by atoms with van der Waals surface area (Å²) in [5, 5.41) is 0. The Morgan fingerprint density at radius 1 is 1.33 bits per heavy atom. The van der Waals surface area contributed by atoms with E-state index in [9.17, 15) is 0 Å². The van der Waals surface area contributed by atoms with E-state index in [-0.39, 0.29) is 11.3 Å². The van der Waals surface area contributed by atoms with Gasteiger partial charge in [-0.2, -0.15) is 0 Å². The minimum atomic E-state index is -0.143. The van der Waals surface area contributed by atoms with Gasteiger partial charge in [0.1, 0.15) is 5.82 Å². The average molecular weight is 236 g/mol. The maximum absolute atomic E-state index is 4.72. The van der Waals surface area contributed by atoms with Gasteiger partial charge >= 0.3 is 0 Å². The summed E-state index contributed by atoms with van der Waals surface area (Å²) in [5.74, 6) is 1.26. The minimum Gasteiger partial charge on any atom is -0.341 e. The van der Waals surface area contributed by atoms with E-state index in [1.807, 2.05) is 24.3 Å². The van der Waals surface area contributed by atoms with Crippen molar-refractivity contribution in [1.29, 1.82) is 0 Å². The van der Waals surface area contributed by atoms with Crippen LogP contribution < -0.4 is 0 Å². The van der Waals surface area contributed by atoms with E-state index >= 15 is 0 Å². The Morgan fingerprint density at radius 2 is 2.17 bits per heavy atom. The summed E-state index contributed by atoms with van der Waals surface area (Å²) < 4.78 is 0. The second-order valence-corrected chi connectivity index (χ2v) is 4.89. The highest BCUT2D eigenvalue weighted by atomic mass is 14.9. The molecule has 2 aromatic rings. The van der Waals surface area contributed by atoms with Crippen molar-refractivity contribution in [2.75, 3.05) is 0 Å². The molecule has 0 saturated heterocycles. The lowest BCUT2D eigenvalue weighted by molar-refractivity contribution is 0.474. The molecule has 1 aliphatic rings. The first-order chi connectivity index (χ1) is 8.74. The number of aromatic amines is 1. The van der Waals surface area contributed by atoms with E-state index in [1.54, 1.807) is 0 Å². The molecular formula is C16H16N2. The van der Waals surface area contributed by atoms with Gasteiger partial charge in [-0.25, -0.2) is 4.98 Å². The first-order valence-electron chi connectivity index (χ1n) is 6.18. The highest BCUT2D eigenvalue weighted by Gasteiger charge is 2.34. The molecular weight excluding hydrogens is 220 g/mol. The van der Waals surface area contributed by atoms with Crippen molar-refractivity contribution < 1.29 is 0 Å². The predicted molar refractivity (Wildman–Crippen MR) is 75.4 cm³/mol. The van der Waals surface area contributed by atoms with Gasteiger partial charge in [0, 0.05) is 5.92 Å². The van der Waals surface area contributed by atoms with Crippen LogP contribution in [0.1, 0.15) is 12.7 Å². The Hall–Kier alpha value is -2.09. The molecule has 0 aliphatic heterocycles. The number of fused-ring (bicyclic) bond motifs is 1. The van der Waals surface area contributed by atoms with E-state index in [2.05, 4.69) is 48.9 Å². The molecule has 0 saturated carbocycles. The lowest BCUT2D eigenvalue weighted by atomic mass is 9.74. The Bertz CT molecular complexity index is 615. The van der Waals surface area contributed by atoms with Gasteiger partial charge in [-0.1, -0.05) is 42.5 Å². The lowest BCUT2D eigenvalue weighted by Crippen LogP contribution is -2.30. The number of para-hydroxylation sites is 2. The monoisotopic (exact) mass is 236 g/mol. The zero-order valence-corrected chi connectivity index (χ0v) is 10.4. The van der Waals surface area contributed by atoms with E-state index in [0.717, 1.165) is 16.9 Å². The van der Waals surface area contributed by atoms with Crippen LogP contribution in [0.25, 0.3) is 11.0 Å². The smallest absolute Gasteiger partial charge is 0.117 e. The zero-order valence-electron chi connectivity index (χ0n) is 10.4. The van der Waals surface area contributed by atoms with Crippen LogP contribution in [0.15, 0.2) is 61.2 Å². The first kappa shape index (κ1) is 11.0. The molecule has 0 bridgehead atoms. The fourth-order valence-corrected chi connectivity index (χ4v) is 2.52. The normalized spacial score (nSPS) is 26.6. The summed E-state index contributed by atoms with van der Waals surface area (Å²) >= 11 is 0. The van der Waals surface area contributed by atoms with Crippen molar-refractivity contribution in [1.82, 2.24) is 9.97 Å². The second kappa shape index (κ2) is 3.98. The van der Waals surface area contributed by atoms with Gasteiger partial charge in [-0.15, -0.1) is 6.58 Å². The van der Waals surface area contributed by atoms with Crippen molar-refractivity contribution in [3.8, 4) is 0 Å². The molecule has 0 amide bonds. The minimum absolute atomic E-state index is 0.143. The third-order valence-electron chi connectivity index (χ3n) is 3.72. The fraction of sp³-hybridized carbons (Fsp3) is 0.188. The molecule has 2 atom stereocenters. The van der Waals surface area contributed by atoms with Crippen LogP contribution in [-0.2, 0) is 5.41 Å². The number of aromatic nitrogens is 2. The van der Waals surface area contributed by atoms with Crippen LogP contribution in [0.2, 0.25) is 0 Å². The van der Waals surface area contributed by atoms with E-state index in [0.29, 0.717) is 0 Å². The highest BCUT2D eigenvalue weighted by molar-refractivity contribution is 5.75. The molecule has 2 unspecified atom stereocenters. The number of nitrogens with one attached hydrogen (secondary N) is 1. The second-order valence-electron chi connectivity index (χ2n) is 4.89. The fourth-order valence-electron chi connectivity index (χ4n) is 2.52. The topological polar surface area (TPSA) is 28.7 Å². The van der Waals surface area contributed by atoms with Crippen molar-refractivity contribution in [3.63, 3.8) is 0 Å². The quantitative estimate of drug-likeness (QED) is 0.790. The maximum Gasteiger partial charge on any atom is 0.117 e. The molecule has 1 aromatic heterocycles. The molecule has 1 aliphatic carbocycles. The van der Waals surface area contributed by atoms with Crippen LogP contribution in [0.4, 0.5) is 0 Å². The molecule has 2 nitrogen and oxygen atoms in total. The standard InChI is InChI=1S/C16H16N2/c1-3-12-8-6-7-11-16(12,2)15-17-13-9-4-5-10-14(13)18-15/h3-12H,1H2,2H3,(H,17,18). The maximum atomic E-state index is 4.72. The molecule has 2 heteroatoms. The van der Waals surface area contributed by atoms with Gasteiger partial charge in [0.25, 0.3) is 0 Å². The number of allylic oxidation sites excluding steroid dienone is 5. The van der Waals surface area contributed by atoms with Gasteiger partial charge in [-0.05, 0) is 19.1 Å². The summed E-state index contributed by atoms with van der Waals surface area (Å²) in [6.07, 6.45) is 10.5. The number of rotatable bonds is 2. The number of nitrogens with zero attached hydrogens (tertiary/aromatic N) is 1. The van der Waals surface area contributed by atoms with E-state index < -0.39 is 0 Å². The molecule has 0 spiro atoms. The molecule has 90 valence electrons. The zero-order chi connectivity index (χ0) is 12.6. The summed E-state index contributed by atoms with van der Waals surface area (Å²) in [6.45, 7) is 6.12. The van der Waals surface area contributed by atoms with Gasteiger partial charge in [0.15, 0.2) is 0 Å². The average Bonchev–Trinajstić information content (AvgIpc) is 2.83. The van der Waals surface area contributed by atoms with Crippen molar-refractivity contribution in [2.24, 2.45) is 5.92 Å². The molecule has 1 aromatic carbocycles. The summed E-state index contributed by atoms with van der Waals surface area (Å²) in [5.41, 5.74) is 1.95. The lowest BCUT2D eigenvalue weighted by Gasteiger charge is -2.31. The Morgan fingerprint density at radius 3 is 2.94 bits per heavy atom. The van der Waals surface area contributed by atoms with Crippen LogP contribution in [0.5, 0.6) is 0 Å². The van der Waals surface area contributed by atoms with Gasteiger partial charge in [0.05, 0.1) is 16.4 Å². The van der Waals surface area contributed by atoms with Crippen molar-refractivity contribution in [3.05, 3.63) is 67.0 Å². The van der Waals surface area contributed by atoms with Gasteiger partial charge < -0.3 is 4.98 Å². The Balaban J connectivity index is 2.15. The van der Waals surface area contributed by atoms with Gasteiger partial charge in [-0.3, -0.25) is 0 Å². The van der Waals surface area contributed by atoms with E-state index in [1.165, 1.54) is 0 Å². The number of imidazole rings is 1. The Labute approximate surface area is 107 Å². The largest absolute Gasteiger partial charge is 0.341 e. The van der Waals surface area contributed by atoms with Crippen molar-refractivity contribution >= 4 is 11.0 Å². The third-order valence-corrected chi connectivity index (χ3v) is 3.72. The number of H-pyrrole nitrogens is 1. The molecule has 0 fully saturated rings. The van der Waals surface area contributed by atoms with Gasteiger partial charge in [0.2, 0.25) is 0 Å². The van der Waals surface area contributed by atoms with Crippen LogP contribution >= 0.6 is 0 Å². The molecule has 0 radical (unpaired) electrons. The first-order valence-corrected chi connectivity index (χ1v) is 6.18. The van der Waals surface area contributed by atoms with Crippen molar-refractivity contribution in [2.45, 2.75) is 12.3 Å². The molecule has 18 heavy (non-hydrogen) atoms. The predicted octanol–water partition coefficient (Wildman–Crippen LogP) is 3.75. The summed E-state index contributed by atoms with van der Waals surface area (Å²) in [7, 11) is 0. The van der Waals surface area contributed by atoms with Crippen LogP contribution in [0, 0.1) is 5.92 Å². The third kappa shape index (κ3) is 1.53. The number of hydrogen-bond acceptors (Lipinski definition) is 1. The number of benzene rings is 1. The molecule has 1 heterocycles. The SMILES string of the molecule is C=CC1C=CC=CC1(C)c1nc2ccccc2[nH]1. The highest BCUT2D eigenvalue weighted by Crippen LogP contribution is 2.36. The number of hydrogen-bond donors (Lipinski definition) is 1. The van der Waals surface area contributed by atoms with Crippen LogP contribution in [-0.4, -0.2) is 9.97 Å². The summed E-state index contributed by atoms with van der Waals surface area (Å²) in [6, 6.07) is 8.12.